The number of hydrogen-bond donors (Lipinski definition) is 1. The predicted molar refractivity (Wildman–Crippen MR) is 75.8 cm³/mol. The zero-order valence-electron chi connectivity index (χ0n) is 10.9. The monoisotopic (exact) mass is 313 g/mol. The Morgan fingerprint density at radius 2 is 2.17 bits per heavy atom. The number of carbonyl (C=O) groups excluding carboxylic acids is 1. The van der Waals surface area contributed by atoms with Crippen LogP contribution < -0.4 is 5.32 Å². The van der Waals surface area contributed by atoms with Crippen molar-refractivity contribution in [3.8, 4) is 0 Å². The summed E-state index contributed by atoms with van der Waals surface area (Å²) in [5.41, 5.74) is 0.739. The van der Waals surface area contributed by atoms with Crippen LogP contribution in [0.15, 0.2) is 16.7 Å². The fourth-order valence-electron chi connectivity index (χ4n) is 2.34. The molecule has 0 aliphatic carbocycles. The number of hydrogen-bond acceptors (Lipinski definition) is 2. The standard InChI is InChI=1S/C13H20BrN3O/c1-3-17-9-10(14)8-12(17)13(18)15-11-4-6-16(2)7-5-11/h8-9,11H,3-7H2,1-2H3,(H,15,18). The molecular formula is C13H20BrN3O. The summed E-state index contributed by atoms with van der Waals surface area (Å²) in [4.78, 5) is 14.5. The Kier molecular flexibility index (Phi) is 4.45. The van der Waals surface area contributed by atoms with Gasteiger partial charge in [0.25, 0.3) is 5.91 Å². The Morgan fingerprint density at radius 1 is 1.50 bits per heavy atom. The van der Waals surface area contributed by atoms with Crippen molar-refractivity contribution in [3.63, 3.8) is 0 Å². The van der Waals surface area contributed by atoms with E-state index in [0.29, 0.717) is 6.04 Å². The van der Waals surface area contributed by atoms with Gasteiger partial charge in [-0.25, -0.2) is 0 Å². The second-order valence-electron chi connectivity index (χ2n) is 4.88. The summed E-state index contributed by atoms with van der Waals surface area (Å²) in [6.45, 7) is 4.97. The number of halogens is 1. The molecule has 1 aliphatic rings. The van der Waals surface area contributed by atoms with Crippen molar-refractivity contribution in [2.45, 2.75) is 32.4 Å². The highest BCUT2D eigenvalue weighted by Crippen LogP contribution is 2.16. The van der Waals surface area contributed by atoms with Gasteiger partial charge in [-0.3, -0.25) is 4.79 Å². The number of nitrogens with zero attached hydrogens (tertiary/aromatic N) is 2. The molecule has 100 valence electrons. The molecule has 0 bridgehead atoms. The second-order valence-corrected chi connectivity index (χ2v) is 5.80. The Bertz CT molecular complexity index is 422. The van der Waals surface area contributed by atoms with Gasteiger partial charge in [-0.1, -0.05) is 0 Å². The Labute approximate surface area is 116 Å². The molecule has 1 amide bonds. The predicted octanol–water partition coefficient (Wildman–Crippen LogP) is 2.09. The number of carbonyl (C=O) groups is 1. The average Bonchev–Trinajstić information content (AvgIpc) is 2.73. The summed E-state index contributed by atoms with van der Waals surface area (Å²) >= 11 is 3.42. The van der Waals surface area contributed by atoms with Gasteiger partial charge < -0.3 is 14.8 Å². The van der Waals surface area contributed by atoms with Gasteiger partial charge in [-0.15, -0.1) is 0 Å². The zero-order valence-corrected chi connectivity index (χ0v) is 12.5. The highest BCUT2D eigenvalue weighted by molar-refractivity contribution is 9.10. The van der Waals surface area contributed by atoms with Crippen molar-refractivity contribution >= 4 is 21.8 Å². The van der Waals surface area contributed by atoms with E-state index >= 15 is 0 Å². The Balaban J connectivity index is 1.99. The third-order valence-electron chi connectivity index (χ3n) is 3.49. The average molecular weight is 314 g/mol. The van der Waals surface area contributed by atoms with Crippen molar-refractivity contribution in [1.29, 1.82) is 0 Å². The van der Waals surface area contributed by atoms with E-state index in [1.54, 1.807) is 0 Å². The molecule has 0 saturated carbocycles. The van der Waals surface area contributed by atoms with Crippen LogP contribution in [0, 0.1) is 0 Å². The first-order chi connectivity index (χ1) is 8.60. The number of rotatable bonds is 3. The fourth-order valence-corrected chi connectivity index (χ4v) is 2.80. The van der Waals surface area contributed by atoms with Crippen molar-refractivity contribution < 1.29 is 4.79 Å². The lowest BCUT2D eigenvalue weighted by Gasteiger charge is -2.29. The van der Waals surface area contributed by atoms with Crippen LogP contribution in [-0.4, -0.2) is 41.6 Å². The minimum atomic E-state index is 0.0390. The van der Waals surface area contributed by atoms with E-state index < -0.39 is 0 Å². The molecule has 1 aliphatic heterocycles. The van der Waals surface area contributed by atoms with Gasteiger partial charge in [0, 0.05) is 23.3 Å². The van der Waals surface area contributed by atoms with Gasteiger partial charge in [0.05, 0.1) is 0 Å². The third kappa shape index (κ3) is 3.14. The molecule has 4 nitrogen and oxygen atoms in total. The van der Waals surface area contributed by atoms with Crippen LogP contribution in [0.4, 0.5) is 0 Å². The van der Waals surface area contributed by atoms with Crippen molar-refractivity contribution in [1.82, 2.24) is 14.8 Å². The number of likely N-dealkylation sites (tertiary alicyclic amines) is 1. The fraction of sp³-hybridized carbons (Fsp3) is 0.615. The quantitative estimate of drug-likeness (QED) is 0.928. The second kappa shape index (κ2) is 5.89. The molecule has 0 unspecified atom stereocenters. The first-order valence-corrected chi connectivity index (χ1v) is 7.24. The minimum Gasteiger partial charge on any atom is -0.348 e. The van der Waals surface area contributed by atoms with E-state index in [1.165, 1.54) is 0 Å². The summed E-state index contributed by atoms with van der Waals surface area (Å²) < 4.78 is 2.92. The summed E-state index contributed by atoms with van der Waals surface area (Å²) in [6, 6.07) is 2.20. The van der Waals surface area contributed by atoms with Gasteiger partial charge in [0.1, 0.15) is 5.69 Å². The van der Waals surface area contributed by atoms with Gasteiger partial charge in [-0.2, -0.15) is 0 Å². The highest BCUT2D eigenvalue weighted by Gasteiger charge is 2.20. The SMILES string of the molecule is CCn1cc(Br)cc1C(=O)NC1CCN(C)CC1. The molecule has 0 radical (unpaired) electrons. The smallest absolute Gasteiger partial charge is 0.268 e. The van der Waals surface area contributed by atoms with E-state index in [9.17, 15) is 4.79 Å². The van der Waals surface area contributed by atoms with Gasteiger partial charge >= 0.3 is 0 Å². The lowest BCUT2D eigenvalue weighted by molar-refractivity contribution is 0.0907. The summed E-state index contributed by atoms with van der Waals surface area (Å²) in [5.74, 6) is 0.0390. The van der Waals surface area contributed by atoms with Crippen LogP contribution in [0.5, 0.6) is 0 Å². The molecule has 18 heavy (non-hydrogen) atoms. The normalized spacial score (nSPS) is 17.9. The number of aromatic nitrogens is 1. The molecule has 0 atom stereocenters. The molecule has 2 heterocycles. The first-order valence-electron chi connectivity index (χ1n) is 6.45. The van der Waals surface area contributed by atoms with Crippen LogP contribution >= 0.6 is 15.9 Å². The van der Waals surface area contributed by atoms with Crippen molar-refractivity contribution in [3.05, 3.63) is 22.4 Å². The molecular weight excluding hydrogens is 294 g/mol. The topological polar surface area (TPSA) is 37.3 Å². The molecule has 1 fully saturated rings. The Morgan fingerprint density at radius 3 is 2.78 bits per heavy atom. The Hall–Kier alpha value is -0.810. The molecule has 0 spiro atoms. The van der Waals surface area contributed by atoms with E-state index in [2.05, 4.69) is 33.2 Å². The van der Waals surface area contributed by atoms with Crippen LogP contribution in [-0.2, 0) is 6.54 Å². The number of piperidine rings is 1. The summed E-state index contributed by atoms with van der Waals surface area (Å²) in [5, 5.41) is 3.14. The molecule has 1 saturated heterocycles. The van der Waals surface area contributed by atoms with Gasteiger partial charge in [-0.05, 0) is 61.9 Å². The number of nitrogens with one attached hydrogen (secondary N) is 1. The lowest BCUT2D eigenvalue weighted by atomic mass is 10.1. The largest absolute Gasteiger partial charge is 0.348 e. The lowest BCUT2D eigenvalue weighted by Crippen LogP contribution is -2.43. The maximum atomic E-state index is 12.2. The van der Waals surface area contributed by atoms with Gasteiger partial charge in [0.2, 0.25) is 0 Å². The van der Waals surface area contributed by atoms with Crippen LogP contribution in [0.2, 0.25) is 0 Å². The summed E-state index contributed by atoms with van der Waals surface area (Å²) in [6.07, 6.45) is 4.02. The van der Waals surface area contributed by atoms with Crippen LogP contribution in [0.25, 0.3) is 0 Å². The maximum absolute atomic E-state index is 12.2. The zero-order chi connectivity index (χ0) is 13.1. The molecule has 1 N–H and O–H groups in total. The first kappa shape index (κ1) is 13.6. The van der Waals surface area contributed by atoms with Gasteiger partial charge in [0.15, 0.2) is 0 Å². The van der Waals surface area contributed by atoms with Crippen molar-refractivity contribution in [2.24, 2.45) is 0 Å². The van der Waals surface area contributed by atoms with Crippen LogP contribution in [0.1, 0.15) is 30.3 Å². The summed E-state index contributed by atoms with van der Waals surface area (Å²) in [7, 11) is 2.12. The number of aryl methyl sites for hydroxylation is 1. The van der Waals surface area contributed by atoms with Crippen LogP contribution in [0.3, 0.4) is 0 Å². The maximum Gasteiger partial charge on any atom is 0.268 e. The molecule has 2 rings (SSSR count). The van der Waals surface area contributed by atoms with E-state index in [-0.39, 0.29) is 5.91 Å². The van der Waals surface area contributed by atoms with E-state index in [1.807, 2.05) is 23.8 Å². The highest BCUT2D eigenvalue weighted by atomic mass is 79.9. The number of amides is 1. The minimum absolute atomic E-state index is 0.0390. The third-order valence-corrected chi connectivity index (χ3v) is 3.92. The van der Waals surface area contributed by atoms with E-state index in [4.69, 9.17) is 0 Å². The van der Waals surface area contributed by atoms with Crippen molar-refractivity contribution in [2.75, 3.05) is 20.1 Å². The molecule has 1 aromatic heterocycles. The molecule has 1 aromatic rings. The molecule has 5 heteroatoms. The molecule has 0 aromatic carbocycles. The van der Waals surface area contributed by atoms with E-state index in [0.717, 1.165) is 42.6 Å².